The van der Waals surface area contributed by atoms with Gasteiger partial charge in [-0.15, -0.1) is 0 Å². The summed E-state index contributed by atoms with van der Waals surface area (Å²) in [7, 11) is 1.57. The van der Waals surface area contributed by atoms with Crippen molar-refractivity contribution in [3.8, 4) is 0 Å². The van der Waals surface area contributed by atoms with Crippen LogP contribution in [0.15, 0.2) is 6.20 Å². The van der Waals surface area contributed by atoms with Crippen LogP contribution < -0.4 is 5.32 Å². The minimum absolute atomic E-state index is 0.0907. The molecule has 1 aliphatic rings. The highest BCUT2D eigenvalue weighted by molar-refractivity contribution is 5.68. The molecule has 25 heavy (non-hydrogen) atoms. The summed E-state index contributed by atoms with van der Waals surface area (Å²) >= 11 is 0. The predicted molar refractivity (Wildman–Crippen MR) is 85.8 cm³/mol. The van der Waals surface area contributed by atoms with E-state index in [1.165, 1.54) is 4.68 Å². The van der Waals surface area contributed by atoms with Crippen LogP contribution in [0.2, 0.25) is 0 Å². The molecular weight excluding hydrogens is 335 g/mol. The van der Waals surface area contributed by atoms with Gasteiger partial charge >= 0.3 is 11.8 Å². The van der Waals surface area contributed by atoms with Gasteiger partial charge in [-0.3, -0.25) is 14.8 Å². The molecule has 2 heterocycles. The molecule has 0 aromatic carbocycles. The maximum absolute atomic E-state index is 14.4. The Morgan fingerprint density at radius 3 is 2.80 bits per heavy atom. The number of halogens is 1. The molecule has 3 unspecified atom stereocenters. The number of amides is 1. The highest BCUT2D eigenvalue weighted by Crippen LogP contribution is 2.33. The summed E-state index contributed by atoms with van der Waals surface area (Å²) in [4.78, 5) is 22.4. The Labute approximate surface area is 144 Å². The zero-order valence-electron chi connectivity index (χ0n) is 14.7. The average Bonchev–Trinajstić information content (AvgIpc) is 2.77. The third kappa shape index (κ3) is 4.88. The second-order valence-electron chi connectivity index (χ2n) is 6.96. The van der Waals surface area contributed by atoms with E-state index >= 15 is 0 Å². The van der Waals surface area contributed by atoms with E-state index in [1.807, 2.05) is 0 Å². The lowest BCUT2D eigenvalue weighted by atomic mass is 10.1. The number of hydrogen-bond acceptors (Lipinski definition) is 6. The molecule has 1 saturated heterocycles. The van der Waals surface area contributed by atoms with Crippen molar-refractivity contribution in [3.05, 3.63) is 22.0 Å². The quantitative estimate of drug-likeness (QED) is 0.656. The van der Waals surface area contributed by atoms with Crippen LogP contribution in [0.5, 0.6) is 0 Å². The SMILES string of the molecule is Cn1ncc([N+](=O)[O-])c1C1CCC(F)C(NC(=O)OC(C)(C)C)CO1. The van der Waals surface area contributed by atoms with Crippen LogP contribution in [-0.4, -0.2) is 45.2 Å². The van der Waals surface area contributed by atoms with Crippen LogP contribution in [0.25, 0.3) is 0 Å². The van der Waals surface area contributed by atoms with E-state index in [9.17, 15) is 19.3 Å². The number of ether oxygens (including phenoxy) is 2. The molecule has 1 fully saturated rings. The fourth-order valence-electron chi connectivity index (χ4n) is 2.68. The summed E-state index contributed by atoms with van der Waals surface area (Å²) in [5.41, 5.74) is -0.573. The first kappa shape index (κ1) is 19.1. The zero-order valence-corrected chi connectivity index (χ0v) is 14.7. The smallest absolute Gasteiger partial charge is 0.408 e. The third-order valence-corrected chi connectivity index (χ3v) is 3.79. The molecular formula is C15H23FN4O5. The summed E-state index contributed by atoms with van der Waals surface area (Å²) in [5.74, 6) is 0. The Bertz CT molecular complexity index is 642. The molecule has 3 atom stereocenters. The van der Waals surface area contributed by atoms with E-state index in [4.69, 9.17) is 9.47 Å². The summed E-state index contributed by atoms with van der Waals surface area (Å²) in [6, 6.07) is -0.882. The van der Waals surface area contributed by atoms with Crippen LogP contribution in [0.4, 0.5) is 14.9 Å². The van der Waals surface area contributed by atoms with Gasteiger partial charge < -0.3 is 14.8 Å². The van der Waals surface area contributed by atoms with Gasteiger partial charge in [0.05, 0.1) is 17.6 Å². The number of aryl methyl sites for hydroxylation is 1. The van der Waals surface area contributed by atoms with E-state index in [0.717, 1.165) is 6.20 Å². The maximum Gasteiger partial charge on any atom is 0.408 e. The first-order valence-corrected chi connectivity index (χ1v) is 8.00. The van der Waals surface area contributed by atoms with E-state index in [1.54, 1.807) is 27.8 Å². The van der Waals surface area contributed by atoms with Gasteiger partial charge in [-0.1, -0.05) is 0 Å². The van der Waals surface area contributed by atoms with Crippen LogP contribution in [0.3, 0.4) is 0 Å². The molecule has 1 aromatic rings. The second-order valence-corrected chi connectivity index (χ2v) is 6.96. The van der Waals surface area contributed by atoms with Gasteiger partial charge in [0.1, 0.15) is 29.8 Å². The molecule has 0 saturated carbocycles. The van der Waals surface area contributed by atoms with Crippen LogP contribution in [0, 0.1) is 10.1 Å². The number of alkyl halides is 1. The molecule has 0 radical (unpaired) electrons. The topological polar surface area (TPSA) is 109 Å². The second kappa shape index (κ2) is 7.34. The lowest BCUT2D eigenvalue weighted by Gasteiger charge is -2.24. The number of rotatable bonds is 3. The van der Waals surface area contributed by atoms with Crippen molar-refractivity contribution in [1.82, 2.24) is 15.1 Å². The minimum Gasteiger partial charge on any atom is -0.444 e. The van der Waals surface area contributed by atoms with Crippen LogP contribution in [-0.2, 0) is 16.5 Å². The summed E-state index contributed by atoms with van der Waals surface area (Å²) in [6.45, 7) is 5.01. The summed E-state index contributed by atoms with van der Waals surface area (Å²) < 4.78 is 26.5. The fraction of sp³-hybridized carbons (Fsp3) is 0.733. The zero-order chi connectivity index (χ0) is 18.8. The Hall–Kier alpha value is -2.23. The van der Waals surface area contributed by atoms with E-state index < -0.39 is 34.9 Å². The normalized spacial score (nSPS) is 24.4. The number of hydrogen-bond donors (Lipinski definition) is 1. The molecule has 10 heteroatoms. The van der Waals surface area contributed by atoms with Crippen molar-refractivity contribution in [2.45, 2.75) is 57.5 Å². The Balaban J connectivity index is 2.07. The molecule has 9 nitrogen and oxygen atoms in total. The minimum atomic E-state index is -1.34. The molecule has 140 valence electrons. The van der Waals surface area contributed by atoms with Crippen molar-refractivity contribution >= 4 is 11.8 Å². The number of nitrogens with one attached hydrogen (secondary N) is 1. The Morgan fingerprint density at radius 2 is 2.20 bits per heavy atom. The lowest BCUT2D eigenvalue weighted by Crippen LogP contribution is -2.45. The molecule has 1 aromatic heterocycles. The predicted octanol–water partition coefficient (Wildman–Crippen LogP) is 2.41. The lowest BCUT2D eigenvalue weighted by molar-refractivity contribution is -0.386. The molecule has 0 aliphatic carbocycles. The molecule has 1 amide bonds. The first-order chi connectivity index (χ1) is 11.6. The molecule has 1 aliphatic heterocycles. The van der Waals surface area contributed by atoms with Crippen molar-refractivity contribution in [2.24, 2.45) is 7.05 Å². The number of nitro groups is 1. The molecule has 1 N–H and O–H groups in total. The van der Waals surface area contributed by atoms with Gasteiger partial charge in [0.2, 0.25) is 0 Å². The molecule has 0 spiro atoms. The van der Waals surface area contributed by atoms with Gasteiger partial charge in [0.25, 0.3) is 0 Å². The number of alkyl carbamates (subject to hydrolysis) is 1. The highest BCUT2D eigenvalue weighted by Gasteiger charge is 2.35. The average molecular weight is 358 g/mol. The molecule has 0 bridgehead atoms. The Kier molecular flexibility index (Phi) is 5.61. The standard InChI is InChI=1S/C15H23FN4O5/c1-15(2,3)25-14(21)18-10-8-24-12(6-5-9(10)16)13-11(20(22)23)7-17-19(13)4/h7,9-10,12H,5-6,8H2,1-4H3,(H,18,21). The van der Waals surface area contributed by atoms with Gasteiger partial charge in [-0.25, -0.2) is 9.18 Å². The van der Waals surface area contributed by atoms with Gasteiger partial charge in [-0.2, -0.15) is 5.10 Å². The van der Waals surface area contributed by atoms with Crippen LogP contribution >= 0.6 is 0 Å². The van der Waals surface area contributed by atoms with E-state index in [2.05, 4.69) is 10.4 Å². The monoisotopic (exact) mass is 358 g/mol. The van der Waals surface area contributed by atoms with Crippen molar-refractivity contribution in [1.29, 1.82) is 0 Å². The number of nitrogens with zero attached hydrogens (tertiary/aromatic N) is 3. The van der Waals surface area contributed by atoms with Crippen molar-refractivity contribution < 1.29 is 23.6 Å². The van der Waals surface area contributed by atoms with Crippen LogP contribution in [0.1, 0.15) is 45.4 Å². The number of carbonyl (C=O) groups is 1. The number of aromatic nitrogens is 2. The maximum atomic E-state index is 14.4. The van der Waals surface area contributed by atoms with Gasteiger partial charge in [-0.05, 0) is 33.6 Å². The van der Waals surface area contributed by atoms with E-state index in [0.29, 0.717) is 0 Å². The first-order valence-electron chi connectivity index (χ1n) is 8.00. The van der Waals surface area contributed by atoms with Crippen molar-refractivity contribution in [3.63, 3.8) is 0 Å². The summed E-state index contributed by atoms with van der Waals surface area (Å²) in [5, 5.41) is 17.5. The summed E-state index contributed by atoms with van der Waals surface area (Å²) in [6.07, 6.45) is -1.26. The van der Waals surface area contributed by atoms with Crippen molar-refractivity contribution in [2.75, 3.05) is 6.61 Å². The third-order valence-electron chi connectivity index (χ3n) is 3.79. The highest BCUT2D eigenvalue weighted by atomic mass is 19.1. The fourth-order valence-corrected chi connectivity index (χ4v) is 2.68. The largest absolute Gasteiger partial charge is 0.444 e. The number of carbonyl (C=O) groups excluding carboxylic acids is 1. The molecule has 2 rings (SSSR count). The van der Waals surface area contributed by atoms with Gasteiger partial charge in [0, 0.05) is 7.05 Å². The van der Waals surface area contributed by atoms with E-state index in [-0.39, 0.29) is 30.8 Å². The van der Waals surface area contributed by atoms with Gasteiger partial charge in [0.15, 0.2) is 0 Å². The Morgan fingerprint density at radius 1 is 1.52 bits per heavy atom.